The maximum atomic E-state index is 12.0. The lowest BCUT2D eigenvalue weighted by Gasteiger charge is -2.11. The first-order chi connectivity index (χ1) is 10.1. The van der Waals surface area contributed by atoms with Gasteiger partial charge in [0.1, 0.15) is 6.54 Å². The van der Waals surface area contributed by atoms with Gasteiger partial charge in [0.25, 0.3) is 5.91 Å². The zero-order chi connectivity index (χ0) is 16.9. The Morgan fingerprint density at radius 3 is 2.41 bits per heavy atom. The largest absolute Gasteiger partial charge is 0.455 e. The first-order valence-electron chi connectivity index (χ1n) is 5.94. The number of hydrogen-bond donors (Lipinski definition) is 1. The molecule has 0 atom stereocenters. The molecule has 1 amide bonds. The fourth-order valence-electron chi connectivity index (χ4n) is 1.20. The van der Waals surface area contributed by atoms with Gasteiger partial charge < -0.3 is 9.64 Å². The van der Waals surface area contributed by atoms with Crippen molar-refractivity contribution in [2.24, 2.45) is 0 Å². The molecule has 0 heterocycles. The number of halogens is 2. The minimum atomic E-state index is -3.94. The van der Waals surface area contributed by atoms with Crippen molar-refractivity contribution in [2.75, 3.05) is 27.2 Å². The van der Waals surface area contributed by atoms with E-state index in [2.05, 4.69) is 4.74 Å². The maximum absolute atomic E-state index is 12.0. The number of nitrogens with zero attached hydrogens (tertiary/aromatic N) is 1. The Hall–Kier alpha value is -1.35. The predicted octanol–water partition coefficient (Wildman–Crippen LogP) is 0.903. The molecule has 0 bridgehead atoms. The summed E-state index contributed by atoms with van der Waals surface area (Å²) >= 11 is 11.4. The summed E-state index contributed by atoms with van der Waals surface area (Å²) in [6.07, 6.45) is 0. The molecule has 0 fully saturated rings. The number of ether oxygens (including phenoxy) is 1. The van der Waals surface area contributed by atoms with Crippen molar-refractivity contribution in [3.63, 3.8) is 0 Å². The number of amides is 1. The van der Waals surface area contributed by atoms with Gasteiger partial charge in [-0.1, -0.05) is 23.2 Å². The van der Waals surface area contributed by atoms with Gasteiger partial charge >= 0.3 is 5.97 Å². The number of esters is 1. The van der Waals surface area contributed by atoms with E-state index in [0.29, 0.717) is 0 Å². The molecule has 0 aliphatic carbocycles. The van der Waals surface area contributed by atoms with E-state index in [0.717, 1.165) is 6.07 Å². The molecule has 22 heavy (non-hydrogen) atoms. The van der Waals surface area contributed by atoms with Crippen LogP contribution >= 0.6 is 23.2 Å². The number of carbonyl (C=O) groups excluding carboxylic acids is 2. The topological polar surface area (TPSA) is 92.8 Å². The van der Waals surface area contributed by atoms with Gasteiger partial charge in [-0.2, -0.15) is 4.72 Å². The second kappa shape index (κ2) is 7.77. The van der Waals surface area contributed by atoms with Gasteiger partial charge in [-0.05, 0) is 18.2 Å². The maximum Gasteiger partial charge on any atom is 0.321 e. The van der Waals surface area contributed by atoms with Crippen LogP contribution < -0.4 is 4.72 Å². The van der Waals surface area contributed by atoms with Gasteiger partial charge in [0.05, 0.1) is 14.9 Å². The fourth-order valence-corrected chi connectivity index (χ4v) is 2.56. The molecular weight excluding hydrogens is 355 g/mol. The third kappa shape index (κ3) is 5.45. The number of nitrogens with one attached hydrogen (secondary N) is 1. The van der Waals surface area contributed by atoms with E-state index in [1.807, 2.05) is 4.72 Å². The average molecular weight is 369 g/mol. The highest BCUT2D eigenvalue weighted by Crippen LogP contribution is 2.24. The van der Waals surface area contributed by atoms with Gasteiger partial charge in [0.15, 0.2) is 6.61 Å². The monoisotopic (exact) mass is 368 g/mol. The molecule has 1 aromatic carbocycles. The highest BCUT2D eigenvalue weighted by Gasteiger charge is 2.18. The summed E-state index contributed by atoms with van der Waals surface area (Å²) in [4.78, 5) is 23.7. The van der Waals surface area contributed by atoms with Crippen LogP contribution in [0.5, 0.6) is 0 Å². The molecule has 0 spiro atoms. The van der Waals surface area contributed by atoms with Crippen LogP contribution in [0, 0.1) is 0 Å². The molecule has 0 unspecified atom stereocenters. The molecule has 0 radical (unpaired) electrons. The van der Waals surface area contributed by atoms with Crippen molar-refractivity contribution in [3.8, 4) is 0 Å². The quantitative estimate of drug-likeness (QED) is 0.753. The summed E-state index contributed by atoms with van der Waals surface area (Å²) in [5, 5.41) is 0.283. The standard InChI is InChI=1S/C12H14Cl2N2O5S/c1-16(2)11(17)7-21-12(18)6-15-22(19,20)8-3-4-9(13)10(14)5-8/h3-5,15H,6-7H2,1-2H3. The Bertz CT molecular complexity index is 676. The minimum Gasteiger partial charge on any atom is -0.455 e. The first-order valence-corrected chi connectivity index (χ1v) is 8.18. The van der Waals surface area contributed by atoms with E-state index >= 15 is 0 Å². The van der Waals surface area contributed by atoms with Crippen LogP contribution in [0.4, 0.5) is 0 Å². The number of likely N-dealkylation sites (N-methyl/N-ethyl adjacent to an activating group) is 1. The average Bonchev–Trinajstić information content (AvgIpc) is 2.45. The normalized spacial score (nSPS) is 11.1. The second-order valence-corrected chi connectivity index (χ2v) is 6.93. The molecule has 122 valence electrons. The predicted molar refractivity (Wildman–Crippen MR) is 81.3 cm³/mol. The fraction of sp³-hybridized carbons (Fsp3) is 0.333. The van der Waals surface area contributed by atoms with Crippen LogP contribution in [0.2, 0.25) is 10.0 Å². The minimum absolute atomic E-state index is 0.0729. The Morgan fingerprint density at radius 2 is 1.86 bits per heavy atom. The van der Waals surface area contributed by atoms with Crippen LogP contribution in [0.1, 0.15) is 0 Å². The number of hydrogen-bond acceptors (Lipinski definition) is 5. The zero-order valence-corrected chi connectivity index (χ0v) is 14.1. The molecule has 7 nitrogen and oxygen atoms in total. The summed E-state index contributed by atoms with van der Waals surface area (Å²) in [7, 11) is -0.933. The van der Waals surface area contributed by atoms with Crippen molar-refractivity contribution < 1.29 is 22.7 Å². The molecule has 0 saturated heterocycles. The van der Waals surface area contributed by atoms with Crippen molar-refractivity contribution in [2.45, 2.75) is 4.90 Å². The van der Waals surface area contributed by atoms with Gasteiger partial charge in [0.2, 0.25) is 10.0 Å². The highest BCUT2D eigenvalue weighted by atomic mass is 35.5. The van der Waals surface area contributed by atoms with E-state index in [-0.39, 0.29) is 14.9 Å². The molecule has 10 heteroatoms. The van der Waals surface area contributed by atoms with E-state index in [4.69, 9.17) is 23.2 Å². The SMILES string of the molecule is CN(C)C(=O)COC(=O)CNS(=O)(=O)c1ccc(Cl)c(Cl)c1. The van der Waals surface area contributed by atoms with E-state index in [9.17, 15) is 18.0 Å². The smallest absolute Gasteiger partial charge is 0.321 e. The van der Waals surface area contributed by atoms with Gasteiger partial charge in [-0.3, -0.25) is 9.59 Å². The van der Waals surface area contributed by atoms with Crippen molar-refractivity contribution in [1.29, 1.82) is 0 Å². The van der Waals surface area contributed by atoms with Gasteiger partial charge in [0, 0.05) is 14.1 Å². The summed E-state index contributed by atoms with van der Waals surface area (Å²) in [5.74, 6) is -1.29. The van der Waals surface area contributed by atoms with Crippen molar-refractivity contribution in [3.05, 3.63) is 28.2 Å². The van der Waals surface area contributed by atoms with E-state index in [1.54, 1.807) is 0 Å². The summed E-state index contributed by atoms with van der Waals surface area (Å²) in [6.45, 7) is -1.07. The van der Waals surface area contributed by atoms with E-state index < -0.39 is 35.1 Å². The molecule has 1 N–H and O–H groups in total. The third-order valence-corrected chi connectivity index (χ3v) is 4.60. The van der Waals surface area contributed by atoms with Crippen LogP contribution in [-0.4, -0.2) is 52.4 Å². The summed E-state index contributed by atoms with van der Waals surface area (Å²) in [6, 6.07) is 3.73. The van der Waals surface area contributed by atoms with Crippen molar-refractivity contribution >= 4 is 45.1 Å². The summed E-state index contributed by atoms with van der Waals surface area (Å²) in [5.41, 5.74) is 0. The lowest BCUT2D eigenvalue weighted by molar-refractivity contribution is -0.149. The van der Waals surface area contributed by atoms with Crippen LogP contribution in [-0.2, 0) is 24.3 Å². The van der Waals surface area contributed by atoms with Crippen LogP contribution in [0.3, 0.4) is 0 Å². The summed E-state index contributed by atoms with van der Waals surface area (Å²) < 4.78 is 30.6. The number of benzene rings is 1. The first kappa shape index (κ1) is 18.7. The van der Waals surface area contributed by atoms with Crippen LogP contribution in [0.25, 0.3) is 0 Å². The lowest BCUT2D eigenvalue weighted by atomic mass is 10.4. The molecule has 0 aliphatic rings. The highest BCUT2D eigenvalue weighted by molar-refractivity contribution is 7.89. The number of carbonyl (C=O) groups is 2. The second-order valence-electron chi connectivity index (χ2n) is 4.35. The van der Waals surface area contributed by atoms with Crippen molar-refractivity contribution in [1.82, 2.24) is 9.62 Å². The lowest BCUT2D eigenvalue weighted by Crippen LogP contribution is -2.33. The Balaban J connectivity index is 2.60. The Labute approximate surface area is 138 Å². The third-order valence-electron chi connectivity index (χ3n) is 2.46. The molecule has 0 aliphatic heterocycles. The Kier molecular flexibility index (Phi) is 6.61. The molecule has 0 saturated carbocycles. The number of sulfonamides is 1. The zero-order valence-electron chi connectivity index (χ0n) is 11.8. The van der Waals surface area contributed by atoms with Gasteiger partial charge in [-0.15, -0.1) is 0 Å². The molecule has 1 rings (SSSR count). The molecule has 0 aromatic heterocycles. The van der Waals surface area contributed by atoms with E-state index in [1.165, 1.54) is 31.1 Å². The van der Waals surface area contributed by atoms with Crippen LogP contribution in [0.15, 0.2) is 23.1 Å². The molecule has 1 aromatic rings. The Morgan fingerprint density at radius 1 is 1.23 bits per heavy atom. The molecular formula is C12H14Cl2N2O5S. The van der Waals surface area contributed by atoms with Gasteiger partial charge in [-0.25, -0.2) is 8.42 Å². The number of rotatable bonds is 6.